The van der Waals surface area contributed by atoms with Crippen LogP contribution in [0.25, 0.3) is 0 Å². The number of ether oxygens (including phenoxy) is 1. The number of nitrogens with zero attached hydrogens (tertiary/aromatic N) is 1. The van der Waals surface area contributed by atoms with Gasteiger partial charge in [-0.2, -0.15) is 11.8 Å². The average Bonchev–Trinajstić information content (AvgIpc) is 3.01. The molecule has 0 unspecified atom stereocenters. The van der Waals surface area contributed by atoms with E-state index >= 15 is 0 Å². The number of benzene rings is 1. The number of carbonyl (C=O) groups is 2. The Balaban J connectivity index is 1.90. The average molecular weight is 350 g/mol. The van der Waals surface area contributed by atoms with Crippen LogP contribution in [0, 0.1) is 0 Å². The topological polar surface area (TPSA) is 102 Å². The molecule has 0 aliphatic heterocycles. The molecule has 7 nitrogen and oxygen atoms in total. The third kappa shape index (κ3) is 5.71. The molecule has 1 aromatic heterocycles. The number of anilines is 1. The Morgan fingerprint density at radius 3 is 2.96 bits per heavy atom. The molecule has 8 heteroatoms. The van der Waals surface area contributed by atoms with E-state index in [1.807, 2.05) is 18.2 Å². The van der Waals surface area contributed by atoms with E-state index in [-0.39, 0.29) is 24.6 Å². The normalized spacial score (nSPS) is 10.5. The van der Waals surface area contributed by atoms with Crippen molar-refractivity contribution in [3.8, 4) is 0 Å². The maximum atomic E-state index is 12.1. The summed E-state index contributed by atoms with van der Waals surface area (Å²) < 4.78 is 9.90. The molecule has 2 rings (SSSR count). The smallest absolute Gasteiger partial charge is 0.304 e. The van der Waals surface area contributed by atoms with Crippen molar-refractivity contribution in [2.45, 2.75) is 18.8 Å². The van der Waals surface area contributed by atoms with E-state index in [0.29, 0.717) is 23.0 Å². The number of carbonyl (C=O) groups excluding carboxylic acids is 1. The van der Waals surface area contributed by atoms with Gasteiger partial charge in [0.2, 0.25) is 0 Å². The zero-order valence-corrected chi connectivity index (χ0v) is 14.0. The molecule has 2 N–H and O–H groups in total. The largest absolute Gasteiger partial charge is 0.481 e. The number of rotatable bonds is 9. The van der Waals surface area contributed by atoms with Gasteiger partial charge in [0.25, 0.3) is 5.91 Å². The van der Waals surface area contributed by atoms with Crippen LogP contribution in [0.15, 0.2) is 34.9 Å². The van der Waals surface area contributed by atoms with Gasteiger partial charge in [0.15, 0.2) is 11.5 Å². The predicted octanol–water partition coefficient (Wildman–Crippen LogP) is 2.78. The van der Waals surface area contributed by atoms with Crippen molar-refractivity contribution in [2.75, 3.05) is 18.2 Å². The summed E-state index contributed by atoms with van der Waals surface area (Å²) in [5.74, 6) is 0.540. The molecule has 2 aromatic rings. The van der Waals surface area contributed by atoms with Crippen molar-refractivity contribution in [3.63, 3.8) is 0 Å². The molecule has 0 aliphatic rings. The monoisotopic (exact) mass is 350 g/mol. The maximum Gasteiger partial charge on any atom is 0.304 e. The Morgan fingerprint density at radius 1 is 1.38 bits per heavy atom. The Labute approximate surface area is 143 Å². The van der Waals surface area contributed by atoms with Crippen LogP contribution in [-0.2, 0) is 21.9 Å². The fraction of sp³-hybridized carbons (Fsp3) is 0.312. The van der Waals surface area contributed by atoms with Crippen molar-refractivity contribution in [1.82, 2.24) is 5.16 Å². The summed E-state index contributed by atoms with van der Waals surface area (Å²) in [7, 11) is 1.53. The van der Waals surface area contributed by atoms with E-state index in [0.717, 1.165) is 5.56 Å². The van der Waals surface area contributed by atoms with Gasteiger partial charge in [-0.1, -0.05) is 17.3 Å². The molecule has 0 saturated heterocycles. The first kappa shape index (κ1) is 18.0. The number of hydrogen-bond acceptors (Lipinski definition) is 6. The van der Waals surface area contributed by atoms with Gasteiger partial charge in [0, 0.05) is 30.4 Å². The van der Waals surface area contributed by atoms with E-state index in [4.69, 9.17) is 14.4 Å². The number of aromatic nitrogens is 1. The number of amides is 1. The molecule has 128 valence electrons. The molecule has 0 aliphatic carbocycles. The van der Waals surface area contributed by atoms with Gasteiger partial charge in [0.05, 0.1) is 6.42 Å². The van der Waals surface area contributed by atoms with Crippen molar-refractivity contribution in [1.29, 1.82) is 0 Å². The van der Waals surface area contributed by atoms with Crippen molar-refractivity contribution < 1.29 is 24.0 Å². The summed E-state index contributed by atoms with van der Waals surface area (Å²) in [4.78, 5) is 22.6. The lowest BCUT2D eigenvalue weighted by atomic mass is 10.2. The van der Waals surface area contributed by atoms with Crippen LogP contribution in [0.2, 0.25) is 0 Å². The van der Waals surface area contributed by atoms with Gasteiger partial charge < -0.3 is 19.7 Å². The third-order valence-electron chi connectivity index (χ3n) is 2.99. The quantitative estimate of drug-likeness (QED) is 0.670. The first-order valence-corrected chi connectivity index (χ1v) is 8.38. The van der Waals surface area contributed by atoms with E-state index in [1.165, 1.54) is 24.9 Å². The number of carboxylic acids is 1. The Kier molecular flexibility index (Phi) is 6.83. The molecular weight excluding hydrogens is 332 g/mol. The predicted molar refractivity (Wildman–Crippen MR) is 90.0 cm³/mol. The second-order valence-corrected chi connectivity index (χ2v) is 6.07. The SMILES string of the molecule is COCc1cc(C(=O)Nc2cccc(CSCCC(=O)O)c2)no1. The van der Waals surface area contributed by atoms with E-state index in [1.54, 1.807) is 6.07 Å². The number of nitrogens with one attached hydrogen (secondary N) is 1. The minimum Gasteiger partial charge on any atom is -0.481 e. The van der Waals surface area contributed by atoms with Crippen LogP contribution >= 0.6 is 11.8 Å². The zero-order chi connectivity index (χ0) is 17.4. The molecular formula is C16H18N2O5S. The molecule has 0 spiro atoms. The highest BCUT2D eigenvalue weighted by Gasteiger charge is 2.13. The van der Waals surface area contributed by atoms with Crippen molar-refractivity contribution in [3.05, 3.63) is 47.3 Å². The van der Waals surface area contributed by atoms with Gasteiger partial charge in [-0.25, -0.2) is 0 Å². The summed E-state index contributed by atoms with van der Waals surface area (Å²) in [5.41, 5.74) is 1.83. The lowest BCUT2D eigenvalue weighted by Crippen LogP contribution is -2.12. The Hall–Kier alpha value is -2.32. The van der Waals surface area contributed by atoms with Gasteiger partial charge >= 0.3 is 5.97 Å². The number of carboxylic acid groups (broad SMARTS) is 1. The first-order chi connectivity index (χ1) is 11.6. The van der Waals surface area contributed by atoms with Crippen LogP contribution in [0.4, 0.5) is 5.69 Å². The summed E-state index contributed by atoms with van der Waals surface area (Å²) in [6.07, 6.45) is 0.136. The molecule has 0 radical (unpaired) electrons. The Morgan fingerprint density at radius 2 is 2.21 bits per heavy atom. The molecule has 0 fully saturated rings. The van der Waals surface area contributed by atoms with Gasteiger partial charge in [-0.15, -0.1) is 0 Å². The van der Waals surface area contributed by atoms with Gasteiger partial charge in [-0.3, -0.25) is 9.59 Å². The molecule has 0 atom stereocenters. The van der Waals surface area contributed by atoms with Crippen LogP contribution in [-0.4, -0.2) is 35.0 Å². The second kappa shape index (κ2) is 9.09. The fourth-order valence-electron chi connectivity index (χ4n) is 1.91. The standard InChI is InChI=1S/C16H18N2O5S/c1-22-9-13-8-14(18-23-13)16(21)17-12-4-2-3-11(7-12)10-24-6-5-15(19)20/h2-4,7-8H,5-6,9-10H2,1H3,(H,17,21)(H,19,20). The molecule has 24 heavy (non-hydrogen) atoms. The molecule has 1 aromatic carbocycles. The molecule has 0 bridgehead atoms. The number of hydrogen-bond donors (Lipinski definition) is 2. The number of aliphatic carboxylic acids is 1. The first-order valence-electron chi connectivity index (χ1n) is 7.23. The zero-order valence-electron chi connectivity index (χ0n) is 13.2. The molecule has 0 saturated carbocycles. The summed E-state index contributed by atoms with van der Waals surface area (Å²) in [5, 5.41) is 15.1. The molecule has 1 heterocycles. The van der Waals surface area contributed by atoms with Crippen LogP contribution in [0.5, 0.6) is 0 Å². The molecule has 1 amide bonds. The minimum atomic E-state index is -0.802. The Bertz CT molecular complexity index is 701. The summed E-state index contributed by atoms with van der Waals surface area (Å²) >= 11 is 1.53. The van der Waals surface area contributed by atoms with Gasteiger partial charge in [-0.05, 0) is 17.7 Å². The number of methoxy groups -OCH3 is 1. The number of thioether (sulfide) groups is 1. The second-order valence-electron chi connectivity index (χ2n) is 4.96. The van der Waals surface area contributed by atoms with E-state index < -0.39 is 5.97 Å². The minimum absolute atomic E-state index is 0.136. The highest BCUT2D eigenvalue weighted by Crippen LogP contribution is 2.18. The van der Waals surface area contributed by atoms with E-state index in [2.05, 4.69) is 10.5 Å². The summed E-state index contributed by atoms with van der Waals surface area (Å²) in [6, 6.07) is 8.92. The van der Waals surface area contributed by atoms with Gasteiger partial charge in [0.1, 0.15) is 6.61 Å². The van der Waals surface area contributed by atoms with Crippen molar-refractivity contribution >= 4 is 29.3 Å². The summed E-state index contributed by atoms with van der Waals surface area (Å²) in [6.45, 7) is 0.253. The van der Waals surface area contributed by atoms with Crippen molar-refractivity contribution in [2.24, 2.45) is 0 Å². The van der Waals surface area contributed by atoms with Crippen LogP contribution < -0.4 is 5.32 Å². The lowest BCUT2D eigenvalue weighted by Gasteiger charge is -2.06. The van der Waals surface area contributed by atoms with Crippen LogP contribution in [0.3, 0.4) is 0 Å². The maximum absolute atomic E-state index is 12.1. The highest BCUT2D eigenvalue weighted by atomic mass is 32.2. The highest BCUT2D eigenvalue weighted by molar-refractivity contribution is 7.98. The fourth-order valence-corrected chi connectivity index (χ4v) is 2.79. The van der Waals surface area contributed by atoms with E-state index in [9.17, 15) is 9.59 Å². The third-order valence-corrected chi connectivity index (χ3v) is 4.02. The van der Waals surface area contributed by atoms with Crippen LogP contribution in [0.1, 0.15) is 28.2 Å². The lowest BCUT2D eigenvalue weighted by molar-refractivity contribution is -0.136.